The number of nitrogens with zero attached hydrogens (tertiary/aromatic N) is 1. The van der Waals surface area contributed by atoms with Gasteiger partial charge in [0.05, 0.1) is 11.1 Å². The van der Waals surface area contributed by atoms with E-state index in [1.165, 1.54) is 56.9 Å². The minimum atomic E-state index is -0.411. The third-order valence-electron chi connectivity index (χ3n) is 6.59. The Morgan fingerprint density at radius 1 is 1.00 bits per heavy atom. The molecule has 0 bridgehead atoms. The van der Waals surface area contributed by atoms with Gasteiger partial charge in [0, 0.05) is 0 Å². The van der Waals surface area contributed by atoms with Gasteiger partial charge in [-0.15, -0.1) is 0 Å². The summed E-state index contributed by atoms with van der Waals surface area (Å²) in [5.41, 5.74) is 3.35. The molecule has 1 aliphatic carbocycles. The quantitative estimate of drug-likeness (QED) is 0.240. The van der Waals surface area contributed by atoms with Gasteiger partial charge in [0.25, 0.3) is 0 Å². The summed E-state index contributed by atoms with van der Waals surface area (Å²) >= 11 is 0. The van der Waals surface area contributed by atoms with Crippen LogP contribution in [0, 0.1) is 17.2 Å². The lowest BCUT2D eigenvalue weighted by Gasteiger charge is -2.29. The molecular formula is C28H35NO2. The number of nitriles is 1. The molecule has 0 spiro atoms. The standard InChI is InChI=1S/C28H35NO2/c1-3-5-6-8-21-9-12-23(13-10-21)24-14-16-25(17-15-24)28(30)31-27-18-11-22(7-4-2)19-26(27)20-29/h11,14-19,21,23H,3-10,12-13H2,1-2H3. The molecule has 0 amide bonds. The number of esters is 1. The molecule has 2 aromatic rings. The third-order valence-corrected chi connectivity index (χ3v) is 6.59. The molecular weight excluding hydrogens is 382 g/mol. The van der Waals surface area contributed by atoms with E-state index in [1.807, 2.05) is 24.3 Å². The molecule has 0 atom stereocenters. The van der Waals surface area contributed by atoms with Gasteiger partial charge in [-0.1, -0.05) is 64.2 Å². The summed E-state index contributed by atoms with van der Waals surface area (Å²) in [5.74, 6) is 1.42. The van der Waals surface area contributed by atoms with E-state index in [0.717, 1.165) is 24.3 Å². The Bertz CT molecular complexity index is 886. The summed E-state index contributed by atoms with van der Waals surface area (Å²) in [6, 6.07) is 15.5. The van der Waals surface area contributed by atoms with Crippen LogP contribution in [0.15, 0.2) is 42.5 Å². The fourth-order valence-electron chi connectivity index (χ4n) is 4.72. The average molecular weight is 418 g/mol. The van der Waals surface area contributed by atoms with Crippen molar-refractivity contribution in [2.45, 2.75) is 84.0 Å². The van der Waals surface area contributed by atoms with Crippen molar-refractivity contribution in [3.63, 3.8) is 0 Å². The first kappa shape index (κ1) is 23.1. The zero-order chi connectivity index (χ0) is 22.1. The second kappa shape index (κ2) is 11.7. The molecule has 0 aliphatic heterocycles. The van der Waals surface area contributed by atoms with Gasteiger partial charge < -0.3 is 4.74 Å². The lowest BCUT2D eigenvalue weighted by molar-refractivity contribution is 0.0734. The van der Waals surface area contributed by atoms with E-state index >= 15 is 0 Å². The van der Waals surface area contributed by atoms with E-state index in [9.17, 15) is 10.1 Å². The molecule has 3 nitrogen and oxygen atoms in total. The molecule has 0 unspecified atom stereocenters. The normalized spacial score (nSPS) is 18.4. The maximum atomic E-state index is 12.6. The van der Waals surface area contributed by atoms with E-state index in [4.69, 9.17) is 4.74 Å². The second-order valence-corrected chi connectivity index (χ2v) is 8.92. The number of benzene rings is 2. The zero-order valence-corrected chi connectivity index (χ0v) is 19.0. The largest absolute Gasteiger partial charge is 0.422 e. The fraction of sp³-hybridized carbons (Fsp3) is 0.500. The van der Waals surface area contributed by atoms with Crippen LogP contribution in [0.1, 0.15) is 105 Å². The Balaban J connectivity index is 1.57. The van der Waals surface area contributed by atoms with Gasteiger partial charge in [0.15, 0.2) is 0 Å². The van der Waals surface area contributed by atoms with E-state index in [0.29, 0.717) is 22.8 Å². The number of ether oxygens (including phenoxy) is 1. The maximum absolute atomic E-state index is 12.6. The van der Waals surface area contributed by atoms with Gasteiger partial charge in [-0.2, -0.15) is 5.26 Å². The van der Waals surface area contributed by atoms with E-state index in [-0.39, 0.29) is 0 Å². The number of unbranched alkanes of at least 4 members (excludes halogenated alkanes) is 2. The van der Waals surface area contributed by atoms with Crippen LogP contribution in [-0.4, -0.2) is 5.97 Å². The van der Waals surface area contributed by atoms with Crippen molar-refractivity contribution in [2.24, 2.45) is 5.92 Å². The van der Waals surface area contributed by atoms with Crippen molar-refractivity contribution >= 4 is 5.97 Å². The topological polar surface area (TPSA) is 50.1 Å². The first-order valence-corrected chi connectivity index (χ1v) is 12.0. The molecule has 0 radical (unpaired) electrons. The van der Waals surface area contributed by atoms with Gasteiger partial charge in [-0.05, 0) is 79.3 Å². The summed E-state index contributed by atoms with van der Waals surface area (Å²) in [6.07, 6.45) is 12.5. The summed E-state index contributed by atoms with van der Waals surface area (Å²) in [5, 5.41) is 9.41. The van der Waals surface area contributed by atoms with Crippen LogP contribution in [0.5, 0.6) is 5.75 Å². The van der Waals surface area contributed by atoms with Crippen LogP contribution >= 0.6 is 0 Å². The van der Waals surface area contributed by atoms with E-state index < -0.39 is 5.97 Å². The van der Waals surface area contributed by atoms with Crippen LogP contribution in [0.2, 0.25) is 0 Å². The van der Waals surface area contributed by atoms with Crippen molar-refractivity contribution in [2.75, 3.05) is 0 Å². The van der Waals surface area contributed by atoms with Crippen LogP contribution < -0.4 is 4.74 Å². The Morgan fingerprint density at radius 2 is 1.74 bits per heavy atom. The van der Waals surface area contributed by atoms with Crippen LogP contribution in [-0.2, 0) is 6.42 Å². The molecule has 0 saturated heterocycles. The highest BCUT2D eigenvalue weighted by Gasteiger charge is 2.22. The average Bonchev–Trinajstić information content (AvgIpc) is 2.81. The SMILES string of the molecule is CCCCCC1CCC(c2ccc(C(=O)Oc3ccc(CCC)cc3C#N)cc2)CC1. The van der Waals surface area contributed by atoms with Crippen molar-refractivity contribution < 1.29 is 9.53 Å². The molecule has 1 aliphatic rings. The van der Waals surface area contributed by atoms with Crippen LogP contribution in [0.4, 0.5) is 0 Å². The summed E-state index contributed by atoms with van der Waals surface area (Å²) in [6.45, 7) is 4.37. The predicted molar refractivity (Wildman–Crippen MR) is 125 cm³/mol. The molecule has 3 rings (SSSR count). The van der Waals surface area contributed by atoms with Crippen LogP contribution in [0.25, 0.3) is 0 Å². The summed E-state index contributed by atoms with van der Waals surface area (Å²) in [7, 11) is 0. The Hall–Kier alpha value is -2.60. The van der Waals surface area contributed by atoms with Crippen molar-refractivity contribution in [3.05, 3.63) is 64.7 Å². The number of aryl methyl sites for hydroxylation is 1. The first-order valence-electron chi connectivity index (χ1n) is 12.0. The molecule has 3 heteroatoms. The minimum Gasteiger partial charge on any atom is -0.422 e. The Kier molecular flexibility index (Phi) is 8.71. The smallest absolute Gasteiger partial charge is 0.343 e. The second-order valence-electron chi connectivity index (χ2n) is 8.92. The van der Waals surface area contributed by atoms with Gasteiger partial charge >= 0.3 is 5.97 Å². The van der Waals surface area contributed by atoms with Crippen molar-refractivity contribution in [1.82, 2.24) is 0 Å². The molecule has 2 aromatic carbocycles. The highest BCUT2D eigenvalue weighted by atomic mass is 16.5. The number of rotatable bonds is 9. The van der Waals surface area contributed by atoms with Crippen molar-refractivity contribution in [3.8, 4) is 11.8 Å². The Morgan fingerprint density at radius 3 is 2.39 bits per heavy atom. The van der Waals surface area contributed by atoms with Crippen molar-refractivity contribution in [1.29, 1.82) is 5.26 Å². The number of hydrogen-bond acceptors (Lipinski definition) is 3. The monoisotopic (exact) mass is 417 g/mol. The molecule has 1 fully saturated rings. The highest BCUT2D eigenvalue weighted by molar-refractivity contribution is 5.91. The summed E-state index contributed by atoms with van der Waals surface area (Å²) in [4.78, 5) is 12.6. The number of hydrogen-bond donors (Lipinski definition) is 0. The zero-order valence-electron chi connectivity index (χ0n) is 19.0. The predicted octanol–water partition coefficient (Wildman–Crippen LogP) is 7.58. The molecule has 1 saturated carbocycles. The lowest BCUT2D eigenvalue weighted by Crippen LogP contribution is -2.14. The highest BCUT2D eigenvalue weighted by Crippen LogP contribution is 2.37. The van der Waals surface area contributed by atoms with E-state index in [2.05, 4.69) is 32.0 Å². The van der Waals surface area contributed by atoms with Gasteiger partial charge in [0.2, 0.25) is 0 Å². The third kappa shape index (κ3) is 6.44. The molecule has 0 N–H and O–H groups in total. The fourth-order valence-corrected chi connectivity index (χ4v) is 4.72. The van der Waals surface area contributed by atoms with Gasteiger partial charge in [-0.25, -0.2) is 4.79 Å². The lowest BCUT2D eigenvalue weighted by atomic mass is 9.77. The number of carbonyl (C=O) groups is 1. The number of carbonyl (C=O) groups excluding carboxylic acids is 1. The molecule has 0 aromatic heterocycles. The Labute approximate surface area is 187 Å². The van der Waals surface area contributed by atoms with Gasteiger partial charge in [-0.3, -0.25) is 0 Å². The molecule has 31 heavy (non-hydrogen) atoms. The molecule has 164 valence electrons. The minimum absolute atomic E-state index is 0.331. The van der Waals surface area contributed by atoms with E-state index in [1.54, 1.807) is 6.07 Å². The van der Waals surface area contributed by atoms with Gasteiger partial charge in [0.1, 0.15) is 11.8 Å². The first-order chi connectivity index (χ1) is 15.1. The molecule has 0 heterocycles. The summed E-state index contributed by atoms with van der Waals surface area (Å²) < 4.78 is 5.54. The maximum Gasteiger partial charge on any atom is 0.343 e. The van der Waals surface area contributed by atoms with Crippen LogP contribution in [0.3, 0.4) is 0 Å².